The molecule has 4 aliphatic carbocycles. The molecule has 2 amide bonds. The van der Waals surface area contributed by atoms with Gasteiger partial charge in [0.15, 0.2) is 0 Å². The smallest absolute Gasteiger partial charge is 0.315 e. The summed E-state index contributed by atoms with van der Waals surface area (Å²) < 4.78 is 7.26. The first-order valence-electron chi connectivity index (χ1n) is 11.7. The molecule has 4 aliphatic rings. The molecular weight excluding hydrogens is 452 g/mol. The Kier molecular flexibility index (Phi) is 6.22. The lowest BCUT2D eigenvalue weighted by Crippen LogP contribution is -2.57. The zero-order valence-electron chi connectivity index (χ0n) is 17.8. The molecule has 1 unspecified atom stereocenters. The number of urea groups is 1. The molecule has 2 N–H and O–H groups in total. The van der Waals surface area contributed by atoms with Gasteiger partial charge in [-0.25, -0.2) is 4.79 Å². The van der Waals surface area contributed by atoms with E-state index in [0.717, 1.165) is 27.6 Å². The molecule has 4 saturated carbocycles. The van der Waals surface area contributed by atoms with Crippen molar-refractivity contribution in [3.63, 3.8) is 0 Å². The lowest BCUT2D eigenvalue weighted by atomic mass is 9.54. The zero-order valence-corrected chi connectivity index (χ0v) is 19.4. The van der Waals surface area contributed by atoms with Crippen LogP contribution >= 0.6 is 15.9 Å². The maximum Gasteiger partial charge on any atom is 0.315 e. The van der Waals surface area contributed by atoms with Gasteiger partial charge in [0.05, 0.1) is 4.47 Å². The van der Waals surface area contributed by atoms with Crippen molar-refractivity contribution in [2.45, 2.75) is 50.7 Å². The number of para-hydroxylation sites is 1. The second-order valence-corrected chi connectivity index (χ2v) is 10.4. The molecule has 0 radical (unpaired) electrons. The van der Waals surface area contributed by atoms with Gasteiger partial charge in [0, 0.05) is 19.0 Å². The minimum Gasteiger partial charge on any atom is -0.484 e. The Bertz CT molecular complexity index is 875. The fraction of sp³-hybridized carbons (Fsp3) is 0.500. The third-order valence-corrected chi connectivity index (χ3v) is 8.15. The Morgan fingerprint density at radius 3 is 2.26 bits per heavy atom. The Labute approximate surface area is 193 Å². The van der Waals surface area contributed by atoms with Crippen LogP contribution in [-0.2, 0) is 0 Å². The van der Waals surface area contributed by atoms with Crippen molar-refractivity contribution < 1.29 is 9.53 Å². The minimum absolute atomic E-state index is 0.0230. The fourth-order valence-corrected chi connectivity index (χ4v) is 6.71. The molecule has 0 aromatic heterocycles. The molecule has 0 heterocycles. The van der Waals surface area contributed by atoms with Gasteiger partial charge >= 0.3 is 6.03 Å². The number of carbonyl (C=O) groups excluding carboxylic acids is 1. The van der Waals surface area contributed by atoms with E-state index in [4.69, 9.17) is 4.74 Å². The van der Waals surface area contributed by atoms with Crippen molar-refractivity contribution in [1.29, 1.82) is 0 Å². The molecule has 0 saturated heterocycles. The van der Waals surface area contributed by atoms with Crippen molar-refractivity contribution in [1.82, 2.24) is 10.6 Å². The molecule has 0 spiro atoms. The van der Waals surface area contributed by atoms with Gasteiger partial charge in [0.2, 0.25) is 0 Å². The highest BCUT2D eigenvalue weighted by Gasteiger charge is 2.48. The number of nitrogens with one attached hydrogen (secondary N) is 2. The van der Waals surface area contributed by atoms with Gasteiger partial charge in [-0.3, -0.25) is 0 Å². The van der Waals surface area contributed by atoms with Crippen molar-refractivity contribution in [2.75, 3.05) is 6.54 Å². The largest absolute Gasteiger partial charge is 0.484 e. The average molecular weight is 483 g/mol. The minimum atomic E-state index is -0.124. The van der Waals surface area contributed by atoms with Crippen LogP contribution in [0.25, 0.3) is 0 Å². The summed E-state index contributed by atoms with van der Waals surface area (Å²) in [6.07, 6.45) is 7.27. The Balaban J connectivity index is 1.17. The van der Waals surface area contributed by atoms with Crippen LogP contribution in [0.5, 0.6) is 5.75 Å². The summed E-state index contributed by atoms with van der Waals surface area (Å²) in [5.41, 5.74) is 1.11. The highest BCUT2D eigenvalue weighted by molar-refractivity contribution is 9.10. The summed E-state index contributed by atoms with van der Waals surface area (Å²) in [5, 5.41) is 6.44. The highest BCUT2D eigenvalue weighted by atomic mass is 79.9. The van der Waals surface area contributed by atoms with Crippen LogP contribution in [0.1, 0.15) is 50.2 Å². The number of halogens is 1. The van der Waals surface area contributed by atoms with Crippen LogP contribution in [0.15, 0.2) is 59.1 Å². The Hall–Kier alpha value is -2.01. The van der Waals surface area contributed by atoms with E-state index in [1.54, 1.807) is 0 Å². The third kappa shape index (κ3) is 4.77. The quantitative estimate of drug-likeness (QED) is 0.501. The molecule has 4 bridgehead atoms. The highest BCUT2D eigenvalue weighted by Crippen LogP contribution is 2.53. The van der Waals surface area contributed by atoms with Crippen LogP contribution < -0.4 is 15.4 Å². The molecule has 5 heteroatoms. The predicted octanol–water partition coefficient (Wildman–Crippen LogP) is 6.08. The molecule has 1 atom stereocenters. The van der Waals surface area contributed by atoms with Crippen molar-refractivity contribution in [3.05, 3.63) is 64.6 Å². The molecule has 164 valence electrons. The van der Waals surface area contributed by atoms with Gasteiger partial charge in [0.25, 0.3) is 0 Å². The van der Waals surface area contributed by atoms with E-state index in [0.29, 0.717) is 30.8 Å². The topological polar surface area (TPSA) is 50.4 Å². The lowest BCUT2D eigenvalue weighted by molar-refractivity contribution is -0.00943. The van der Waals surface area contributed by atoms with E-state index < -0.39 is 0 Å². The first-order valence-corrected chi connectivity index (χ1v) is 12.5. The molecule has 2 aromatic carbocycles. The molecule has 2 aromatic rings. The van der Waals surface area contributed by atoms with E-state index in [1.807, 2.05) is 42.5 Å². The number of carbonyl (C=O) groups is 1. The van der Waals surface area contributed by atoms with Crippen LogP contribution in [0.3, 0.4) is 0 Å². The summed E-state index contributed by atoms with van der Waals surface area (Å²) >= 11 is 3.57. The van der Waals surface area contributed by atoms with Gasteiger partial charge in [-0.05, 0) is 89.4 Å². The zero-order chi connectivity index (χ0) is 21.2. The number of hydrogen-bond acceptors (Lipinski definition) is 2. The SMILES string of the molecule is O=C(NCCC(Oc1ccccc1Br)c1ccccc1)NC1C2CC3CC(C2)CC1C3. The third-order valence-electron chi connectivity index (χ3n) is 7.49. The average Bonchev–Trinajstić information content (AvgIpc) is 2.77. The molecule has 31 heavy (non-hydrogen) atoms. The second kappa shape index (κ2) is 9.23. The van der Waals surface area contributed by atoms with Crippen molar-refractivity contribution in [2.24, 2.45) is 23.7 Å². The lowest BCUT2D eigenvalue weighted by Gasteiger charge is -2.54. The molecule has 4 fully saturated rings. The van der Waals surface area contributed by atoms with E-state index in [-0.39, 0.29) is 12.1 Å². The van der Waals surface area contributed by atoms with E-state index in [1.165, 1.54) is 32.1 Å². The van der Waals surface area contributed by atoms with E-state index in [9.17, 15) is 4.79 Å². The summed E-state index contributed by atoms with van der Waals surface area (Å²) in [4.78, 5) is 12.7. The molecule has 4 nitrogen and oxygen atoms in total. The second-order valence-electron chi connectivity index (χ2n) is 9.59. The molecule has 6 rings (SSSR count). The summed E-state index contributed by atoms with van der Waals surface area (Å²) in [5.74, 6) is 4.04. The van der Waals surface area contributed by atoms with Crippen LogP contribution in [0.4, 0.5) is 4.79 Å². The van der Waals surface area contributed by atoms with E-state index >= 15 is 0 Å². The first-order chi connectivity index (χ1) is 15.2. The standard InChI is InChI=1S/C26H31BrN2O2/c27-22-8-4-5-9-24(22)31-23(19-6-2-1-3-7-19)10-11-28-26(30)29-25-20-13-17-12-18(15-20)16-21(25)14-17/h1-9,17-18,20-21,23,25H,10-16H2,(H2,28,29,30). The monoisotopic (exact) mass is 482 g/mol. The van der Waals surface area contributed by atoms with Crippen molar-refractivity contribution >= 4 is 22.0 Å². The van der Waals surface area contributed by atoms with Crippen LogP contribution in [-0.4, -0.2) is 18.6 Å². The predicted molar refractivity (Wildman–Crippen MR) is 126 cm³/mol. The summed E-state index contributed by atoms with van der Waals surface area (Å²) in [6, 6.07) is 18.5. The number of hydrogen-bond donors (Lipinski definition) is 2. The summed E-state index contributed by atoms with van der Waals surface area (Å²) in [6.45, 7) is 0.573. The maximum absolute atomic E-state index is 12.7. The molecule has 0 aliphatic heterocycles. The number of rotatable bonds is 7. The van der Waals surface area contributed by atoms with Crippen LogP contribution in [0.2, 0.25) is 0 Å². The first kappa shape index (κ1) is 20.9. The molecular formula is C26H31BrN2O2. The Morgan fingerprint density at radius 2 is 1.58 bits per heavy atom. The van der Waals surface area contributed by atoms with Gasteiger partial charge in [-0.15, -0.1) is 0 Å². The van der Waals surface area contributed by atoms with Gasteiger partial charge in [-0.2, -0.15) is 0 Å². The maximum atomic E-state index is 12.7. The normalized spacial score (nSPS) is 29.4. The van der Waals surface area contributed by atoms with E-state index in [2.05, 4.69) is 38.7 Å². The van der Waals surface area contributed by atoms with Gasteiger partial charge < -0.3 is 15.4 Å². The number of amides is 2. The number of ether oxygens (including phenoxy) is 1. The summed E-state index contributed by atoms with van der Waals surface area (Å²) in [7, 11) is 0. The fourth-order valence-electron chi connectivity index (χ4n) is 6.33. The van der Waals surface area contributed by atoms with Gasteiger partial charge in [0.1, 0.15) is 11.9 Å². The number of benzene rings is 2. The van der Waals surface area contributed by atoms with Gasteiger partial charge in [-0.1, -0.05) is 42.5 Å². The van der Waals surface area contributed by atoms with Crippen molar-refractivity contribution in [3.8, 4) is 5.75 Å². The van der Waals surface area contributed by atoms with Crippen LogP contribution in [0, 0.1) is 23.7 Å². The Morgan fingerprint density at radius 1 is 0.935 bits per heavy atom.